The van der Waals surface area contributed by atoms with Crippen LogP contribution in [0.1, 0.15) is 79.3 Å². The number of carboxylic acids is 1. The minimum Gasteiger partial charge on any atom is -0.480 e. The number of aromatic nitrogens is 1. The molecule has 2 N–H and O–H groups in total. The van der Waals surface area contributed by atoms with Gasteiger partial charge in [0, 0.05) is 31.9 Å². The molecule has 2 atom stereocenters. The Kier molecular flexibility index (Phi) is 7.45. The lowest BCUT2D eigenvalue weighted by Crippen LogP contribution is -2.34. The summed E-state index contributed by atoms with van der Waals surface area (Å²) in [4.78, 5) is 19.1. The molecule has 2 aromatic rings. The molecule has 6 nitrogen and oxygen atoms in total. The van der Waals surface area contributed by atoms with Gasteiger partial charge in [-0.1, -0.05) is 36.8 Å². The van der Waals surface area contributed by atoms with E-state index in [1.165, 1.54) is 36.1 Å². The lowest BCUT2D eigenvalue weighted by Gasteiger charge is -2.26. The molecule has 0 unspecified atom stereocenters. The molecule has 0 spiro atoms. The van der Waals surface area contributed by atoms with Crippen LogP contribution in [-0.2, 0) is 22.4 Å². The van der Waals surface area contributed by atoms with E-state index in [1.54, 1.807) is 0 Å². The summed E-state index contributed by atoms with van der Waals surface area (Å²) in [5.41, 5.74) is 4.72. The monoisotopic (exact) mass is 463 g/mol. The second-order valence-corrected chi connectivity index (χ2v) is 10.1. The first-order valence-corrected chi connectivity index (χ1v) is 13.1. The molecule has 34 heavy (non-hydrogen) atoms. The molecule has 0 bridgehead atoms. The number of benzene rings is 1. The third-order valence-electron chi connectivity index (χ3n) is 7.47. The van der Waals surface area contributed by atoms with Crippen molar-refractivity contribution in [2.75, 3.05) is 31.6 Å². The van der Waals surface area contributed by atoms with Crippen molar-refractivity contribution in [1.29, 1.82) is 0 Å². The predicted molar refractivity (Wildman–Crippen MR) is 133 cm³/mol. The number of hydrogen-bond acceptors (Lipinski definition) is 5. The number of nitrogens with zero attached hydrogens (tertiary/aromatic N) is 2. The van der Waals surface area contributed by atoms with Crippen LogP contribution >= 0.6 is 0 Å². The first-order valence-electron chi connectivity index (χ1n) is 13.1. The summed E-state index contributed by atoms with van der Waals surface area (Å²) in [5, 5.41) is 13.5. The van der Waals surface area contributed by atoms with Crippen molar-refractivity contribution in [3.05, 3.63) is 58.8 Å². The number of fused-ring (bicyclic) bond motifs is 1. The lowest BCUT2D eigenvalue weighted by molar-refractivity contribution is -0.143. The zero-order valence-corrected chi connectivity index (χ0v) is 20.0. The molecule has 3 aliphatic rings. The fourth-order valence-electron chi connectivity index (χ4n) is 5.48. The average Bonchev–Trinajstić information content (AvgIpc) is 3.60. The molecule has 5 rings (SSSR count). The number of aryl methyl sites for hydroxylation is 2. The smallest absolute Gasteiger partial charge is 0.325 e. The summed E-state index contributed by atoms with van der Waals surface area (Å²) in [6.45, 7) is 3.24. The fraction of sp³-hybridized carbons (Fsp3) is 0.571. The van der Waals surface area contributed by atoms with E-state index in [2.05, 4.69) is 28.4 Å². The maximum absolute atomic E-state index is 12.2. The van der Waals surface area contributed by atoms with Crippen LogP contribution in [0.2, 0.25) is 0 Å². The highest BCUT2D eigenvalue weighted by molar-refractivity contribution is 5.76. The van der Waals surface area contributed by atoms with Gasteiger partial charge in [0.15, 0.2) is 0 Å². The van der Waals surface area contributed by atoms with Gasteiger partial charge < -0.3 is 15.2 Å². The molecule has 1 aromatic carbocycles. The van der Waals surface area contributed by atoms with Crippen molar-refractivity contribution in [2.45, 2.75) is 75.9 Å². The molecular formula is C28H37N3O3. The van der Waals surface area contributed by atoms with Crippen LogP contribution in [-0.4, -0.2) is 53.3 Å². The first kappa shape index (κ1) is 23.3. The number of rotatable bonds is 11. The normalized spacial score (nSPS) is 21.1. The molecule has 6 heteroatoms. The van der Waals surface area contributed by atoms with Crippen molar-refractivity contribution in [1.82, 2.24) is 9.88 Å². The van der Waals surface area contributed by atoms with Crippen LogP contribution in [0, 0.1) is 0 Å². The van der Waals surface area contributed by atoms with Crippen LogP contribution in [0.15, 0.2) is 36.4 Å². The quantitative estimate of drug-likeness (QED) is 0.460. The van der Waals surface area contributed by atoms with E-state index in [1.807, 2.05) is 18.2 Å². The Balaban J connectivity index is 1.05. The maximum Gasteiger partial charge on any atom is 0.325 e. The van der Waals surface area contributed by atoms with E-state index in [0.29, 0.717) is 12.5 Å². The van der Waals surface area contributed by atoms with Gasteiger partial charge in [-0.15, -0.1) is 0 Å². The molecule has 0 radical (unpaired) electrons. The second-order valence-electron chi connectivity index (χ2n) is 10.1. The minimum absolute atomic E-state index is 0.128. The van der Waals surface area contributed by atoms with E-state index < -0.39 is 12.0 Å². The average molecular weight is 464 g/mol. The molecule has 3 heterocycles. The van der Waals surface area contributed by atoms with Gasteiger partial charge in [-0.3, -0.25) is 9.69 Å². The number of aliphatic carboxylic acids is 1. The zero-order chi connectivity index (χ0) is 23.3. The van der Waals surface area contributed by atoms with Crippen LogP contribution in [0.25, 0.3) is 0 Å². The van der Waals surface area contributed by atoms with Crippen LogP contribution in [0.4, 0.5) is 5.82 Å². The first-order chi connectivity index (χ1) is 16.7. The highest BCUT2D eigenvalue weighted by Gasteiger charge is 2.37. The molecule has 0 amide bonds. The Labute approximate surface area is 202 Å². The van der Waals surface area contributed by atoms with Crippen molar-refractivity contribution in [3.8, 4) is 0 Å². The highest BCUT2D eigenvalue weighted by Crippen LogP contribution is 2.44. The number of carboxylic acid groups (broad SMARTS) is 1. The third kappa shape index (κ3) is 5.61. The van der Waals surface area contributed by atoms with Gasteiger partial charge in [-0.2, -0.15) is 0 Å². The Morgan fingerprint density at radius 2 is 2.03 bits per heavy atom. The molecule has 1 saturated carbocycles. The van der Waals surface area contributed by atoms with Gasteiger partial charge in [0.25, 0.3) is 0 Å². The summed E-state index contributed by atoms with van der Waals surface area (Å²) in [6.07, 6.45) is 9.98. The van der Waals surface area contributed by atoms with Crippen molar-refractivity contribution in [3.63, 3.8) is 0 Å². The standard InChI is InChI=1S/C28H37N3O3/c32-28(33)26(25-10-4-3-9-24(25)20-11-12-20)31-17-15-23(19-31)34-18-5-1-2-8-22-14-13-21-7-6-16-29-27(21)30-22/h3-4,9-10,13-14,20,23,26H,1-2,5-8,11-12,15-19H2,(H,29,30)(H,32,33)/t23-,26+/m1/s1. The Morgan fingerprint density at radius 3 is 2.88 bits per heavy atom. The van der Waals surface area contributed by atoms with Gasteiger partial charge in [-0.25, -0.2) is 4.98 Å². The predicted octanol–water partition coefficient (Wildman–Crippen LogP) is 4.95. The third-order valence-corrected chi connectivity index (χ3v) is 7.47. The van der Waals surface area contributed by atoms with E-state index in [0.717, 1.165) is 69.6 Å². The maximum atomic E-state index is 12.2. The summed E-state index contributed by atoms with van der Waals surface area (Å²) < 4.78 is 6.16. The number of anilines is 1. The van der Waals surface area contributed by atoms with Gasteiger partial charge >= 0.3 is 5.97 Å². The molecule has 1 aliphatic carbocycles. The Hall–Kier alpha value is -2.44. The number of likely N-dealkylation sites (tertiary alicyclic amines) is 1. The van der Waals surface area contributed by atoms with E-state index in [9.17, 15) is 9.90 Å². The number of pyridine rings is 1. The van der Waals surface area contributed by atoms with Gasteiger partial charge in [0.2, 0.25) is 0 Å². The molecule has 2 aliphatic heterocycles. The van der Waals surface area contributed by atoms with Crippen LogP contribution in [0.3, 0.4) is 0 Å². The van der Waals surface area contributed by atoms with Crippen molar-refractivity contribution < 1.29 is 14.6 Å². The Bertz CT molecular complexity index is 991. The van der Waals surface area contributed by atoms with Crippen LogP contribution < -0.4 is 5.32 Å². The molecule has 1 saturated heterocycles. The zero-order valence-electron chi connectivity index (χ0n) is 20.0. The number of nitrogens with one attached hydrogen (secondary N) is 1. The topological polar surface area (TPSA) is 74.7 Å². The molecular weight excluding hydrogens is 426 g/mol. The van der Waals surface area contributed by atoms with Gasteiger partial charge in [-0.05, 0) is 80.0 Å². The SMILES string of the molecule is O=C(O)[C@H](c1ccccc1C1CC1)N1CC[C@@H](OCCCCCc2ccc3c(n2)NCCC3)C1. The second kappa shape index (κ2) is 10.9. The summed E-state index contributed by atoms with van der Waals surface area (Å²) in [7, 11) is 0. The van der Waals surface area contributed by atoms with Gasteiger partial charge in [0.1, 0.15) is 11.9 Å². The number of hydrogen-bond donors (Lipinski definition) is 2. The molecule has 2 fully saturated rings. The lowest BCUT2D eigenvalue weighted by atomic mass is 9.96. The number of carbonyl (C=O) groups is 1. The minimum atomic E-state index is -0.750. The summed E-state index contributed by atoms with van der Waals surface area (Å²) >= 11 is 0. The van der Waals surface area contributed by atoms with Crippen molar-refractivity contribution >= 4 is 11.8 Å². The largest absolute Gasteiger partial charge is 0.480 e. The number of ether oxygens (including phenoxy) is 1. The Morgan fingerprint density at radius 1 is 1.15 bits per heavy atom. The fourth-order valence-corrected chi connectivity index (χ4v) is 5.48. The molecule has 182 valence electrons. The van der Waals surface area contributed by atoms with Crippen LogP contribution in [0.5, 0.6) is 0 Å². The summed E-state index contributed by atoms with van der Waals surface area (Å²) in [6, 6.07) is 12.0. The number of unbranched alkanes of at least 4 members (excludes halogenated alkanes) is 2. The molecule has 1 aromatic heterocycles. The van der Waals surface area contributed by atoms with Gasteiger partial charge in [0.05, 0.1) is 6.10 Å². The van der Waals surface area contributed by atoms with Crippen molar-refractivity contribution in [2.24, 2.45) is 0 Å². The highest BCUT2D eigenvalue weighted by atomic mass is 16.5. The summed E-state index contributed by atoms with van der Waals surface area (Å²) in [5.74, 6) is 0.873. The van der Waals surface area contributed by atoms with E-state index in [4.69, 9.17) is 9.72 Å². The van der Waals surface area contributed by atoms with E-state index >= 15 is 0 Å². The van der Waals surface area contributed by atoms with E-state index in [-0.39, 0.29) is 6.10 Å².